The second-order valence-corrected chi connectivity index (χ2v) is 11.9. The van der Waals surface area contributed by atoms with E-state index < -0.39 is 5.97 Å². The molecule has 44 heavy (non-hydrogen) atoms. The Morgan fingerprint density at radius 2 is 1.57 bits per heavy atom. The Bertz CT molecular complexity index is 1820. The first-order valence-corrected chi connectivity index (χ1v) is 15.3. The van der Waals surface area contributed by atoms with Crippen LogP contribution in [0.15, 0.2) is 84.9 Å². The molecule has 0 atom stereocenters. The number of fused-ring (bicyclic) bond motifs is 1. The molecular weight excluding hydrogens is 574 g/mol. The molecule has 0 unspecified atom stereocenters. The van der Waals surface area contributed by atoms with Crippen molar-refractivity contribution >= 4 is 34.5 Å². The summed E-state index contributed by atoms with van der Waals surface area (Å²) in [6.07, 6.45) is 5.73. The highest BCUT2D eigenvalue weighted by atomic mass is 35.5. The maximum atomic E-state index is 12.7. The number of rotatable bonds is 8. The van der Waals surface area contributed by atoms with Gasteiger partial charge in [0.2, 0.25) is 0 Å². The monoisotopic (exact) mass is 607 g/mol. The summed E-state index contributed by atoms with van der Waals surface area (Å²) in [5.41, 5.74) is 6.25. The number of ether oxygens (including phenoxy) is 1. The summed E-state index contributed by atoms with van der Waals surface area (Å²) in [5.74, 6) is 0.488. The Hall–Kier alpha value is -4.62. The fourth-order valence-corrected chi connectivity index (χ4v) is 6.15. The van der Waals surface area contributed by atoms with Gasteiger partial charge in [-0.15, -0.1) is 0 Å². The summed E-state index contributed by atoms with van der Waals surface area (Å²) < 4.78 is 8.56. The zero-order valence-electron chi connectivity index (χ0n) is 24.8. The van der Waals surface area contributed by atoms with E-state index >= 15 is 0 Å². The SMILES string of the molecule is CN(C)C(=O)c1ccc(-c2ccc(Cl)cc2)c(COc2ccc(-c3nc4cc(C(=O)O)ccc4n3C3CCCCC3)cc2)c1. The summed E-state index contributed by atoms with van der Waals surface area (Å²) in [7, 11) is 3.47. The van der Waals surface area contributed by atoms with Gasteiger partial charge in [-0.25, -0.2) is 9.78 Å². The standard InChI is InChI=1S/C36H34ClN3O4/c1-39(2)35(41)25-12-18-31(23-8-14-28(37)15-9-23)27(20-25)22-44-30-16-10-24(11-17-30)34-38-32-21-26(36(42)43)13-19-33(32)40(34)29-6-4-3-5-7-29/h8-21,29H,3-7,22H2,1-2H3,(H,42,43). The van der Waals surface area contributed by atoms with Crippen molar-refractivity contribution in [3.8, 4) is 28.3 Å². The van der Waals surface area contributed by atoms with Gasteiger partial charge in [-0.3, -0.25) is 4.79 Å². The van der Waals surface area contributed by atoms with Gasteiger partial charge in [0.1, 0.15) is 18.2 Å². The predicted molar refractivity (Wildman–Crippen MR) is 173 cm³/mol. The van der Waals surface area contributed by atoms with E-state index in [1.165, 1.54) is 19.3 Å². The van der Waals surface area contributed by atoms with Gasteiger partial charge in [0.05, 0.1) is 16.6 Å². The number of carboxylic acid groups (broad SMARTS) is 1. The number of halogens is 1. The van der Waals surface area contributed by atoms with Crippen LogP contribution in [0.5, 0.6) is 5.75 Å². The molecule has 0 spiro atoms. The van der Waals surface area contributed by atoms with Gasteiger partial charge in [-0.05, 0) is 96.3 Å². The number of carboxylic acids is 1. The van der Waals surface area contributed by atoms with Crippen molar-refractivity contribution in [2.24, 2.45) is 0 Å². The Kier molecular flexibility index (Phi) is 8.40. The van der Waals surface area contributed by atoms with Crippen LogP contribution in [0.4, 0.5) is 0 Å². The maximum absolute atomic E-state index is 12.7. The van der Waals surface area contributed by atoms with Gasteiger partial charge in [0, 0.05) is 36.3 Å². The van der Waals surface area contributed by atoms with Crippen LogP contribution >= 0.6 is 11.6 Å². The Labute approximate surface area is 261 Å². The third-order valence-electron chi connectivity index (χ3n) is 8.30. The number of nitrogens with zero attached hydrogens (tertiary/aromatic N) is 3. The number of aromatic nitrogens is 2. The number of hydrogen-bond donors (Lipinski definition) is 1. The fourth-order valence-electron chi connectivity index (χ4n) is 6.02. The average molecular weight is 608 g/mol. The van der Waals surface area contributed by atoms with Crippen molar-refractivity contribution in [3.05, 3.63) is 107 Å². The summed E-state index contributed by atoms with van der Waals surface area (Å²) >= 11 is 6.13. The topological polar surface area (TPSA) is 84.7 Å². The van der Waals surface area contributed by atoms with Gasteiger partial charge in [0.25, 0.3) is 5.91 Å². The molecule has 1 aromatic heterocycles. The molecule has 1 aliphatic carbocycles. The minimum absolute atomic E-state index is 0.0745. The van der Waals surface area contributed by atoms with Crippen LogP contribution in [-0.2, 0) is 6.61 Å². The van der Waals surface area contributed by atoms with Crippen LogP contribution in [-0.4, -0.2) is 45.5 Å². The summed E-state index contributed by atoms with van der Waals surface area (Å²) in [5, 5.41) is 10.2. The summed E-state index contributed by atoms with van der Waals surface area (Å²) in [6.45, 7) is 0.268. The number of carbonyl (C=O) groups excluding carboxylic acids is 1. The fraction of sp³-hybridized carbons (Fsp3) is 0.250. The van der Waals surface area contributed by atoms with E-state index in [0.29, 0.717) is 27.9 Å². The molecule has 1 fully saturated rings. The van der Waals surface area contributed by atoms with E-state index in [1.54, 1.807) is 31.1 Å². The average Bonchev–Trinajstić information content (AvgIpc) is 3.43. The molecular formula is C36H34ClN3O4. The van der Waals surface area contributed by atoms with Crippen molar-refractivity contribution in [1.82, 2.24) is 14.5 Å². The van der Waals surface area contributed by atoms with Gasteiger partial charge < -0.3 is 19.3 Å². The number of aromatic carboxylic acids is 1. The molecule has 0 aliphatic heterocycles. The largest absolute Gasteiger partial charge is 0.489 e. The molecule has 0 saturated heterocycles. The Morgan fingerprint density at radius 1 is 0.886 bits per heavy atom. The lowest BCUT2D eigenvalue weighted by molar-refractivity contribution is 0.0696. The molecule has 7 nitrogen and oxygen atoms in total. The highest BCUT2D eigenvalue weighted by Gasteiger charge is 2.23. The van der Waals surface area contributed by atoms with Gasteiger partial charge in [-0.1, -0.05) is 49.1 Å². The molecule has 1 heterocycles. The molecule has 224 valence electrons. The number of amides is 1. The zero-order valence-corrected chi connectivity index (χ0v) is 25.6. The molecule has 5 aromatic rings. The summed E-state index contributed by atoms with van der Waals surface area (Å²) in [6, 6.07) is 26.7. The minimum Gasteiger partial charge on any atom is -0.489 e. The van der Waals surface area contributed by atoms with Crippen LogP contribution in [0.2, 0.25) is 5.02 Å². The Morgan fingerprint density at radius 3 is 2.25 bits per heavy atom. The molecule has 0 radical (unpaired) electrons. The lowest BCUT2D eigenvalue weighted by atomic mass is 9.95. The summed E-state index contributed by atoms with van der Waals surface area (Å²) in [4.78, 5) is 30.8. The van der Waals surface area contributed by atoms with Crippen molar-refractivity contribution in [2.45, 2.75) is 44.8 Å². The lowest BCUT2D eigenvalue weighted by Crippen LogP contribution is -2.21. The Balaban J connectivity index is 1.30. The lowest BCUT2D eigenvalue weighted by Gasteiger charge is -2.25. The zero-order chi connectivity index (χ0) is 30.8. The van der Waals surface area contributed by atoms with E-state index in [-0.39, 0.29) is 18.1 Å². The van der Waals surface area contributed by atoms with Gasteiger partial charge >= 0.3 is 5.97 Å². The van der Waals surface area contributed by atoms with Crippen LogP contribution in [0.3, 0.4) is 0 Å². The molecule has 8 heteroatoms. The minimum atomic E-state index is -0.960. The van der Waals surface area contributed by atoms with Crippen LogP contribution < -0.4 is 4.74 Å². The normalized spacial score (nSPS) is 13.6. The van der Waals surface area contributed by atoms with Gasteiger partial charge in [-0.2, -0.15) is 0 Å². The third-order valence-corrected chi connectivity index (χ3v) is 8.55. The van der Waals surface area contributed by atoms with E-state index in [9.17, 15) is 14.7 Å². The van der Waals surface area contributed by atoms with E-state index in [1.807, 2.05) is 72.8 Å². The molecule has 4 aromatic carbocycles. The highest BCUT2D eigenvalue weighted by Crippen LogP contribution is 2.37. The first-order chi connectivity index (χ1) is 21.3. The second-order valence-electron chi connectivity index (χ2n) is 11.5. The van der Waals surface area contributed by atoms with Crippen molar-refractivity contribution in [2.75, 3.05) is 14.1 Å². The first-order valence-electron chi connectivity index (χ1n) is 14.9. The second kappa shape index (κ2) is 12.5. The first kappa shape index (κ1) is 29.5. The molecule has 1 aliphatic rings. The molecule has 6 rings (SSSR count). The van der Waals surface area contributed by atoms with Crippen LogP contribution in [0.25, 0.3) is 33.5 Å². The molecule has 1 N–H and O–H groups in total. The van der Waals surface area contributed by atoms with Gasteiger partial charge in [0.15, 0.2) is 0 Å². The predicted octanol–water partition coefficient (Wildman–Crippen LogP) is 8.51. The van der Waals surface area contributed by atoms with E-state index in [4.69, 9.17) is 21.3 Å². The smallest absolute Gasteiger partial charge is 0.335 e. The number of hydrogen-bond acceptors (Lipinski definition) is 4. The van der Waals surface area contributed by atoms with Crippen molar-refractivity contribution in [1.29, 1.82) is 0 Å². The third kappa shape index (κ3) is 6.06. The molecule has 1 saturated carbocycles. The quantitative estimate of drug-likeness (QED) is 0.191. The van der Waals surface area contributed by atoms with E-state index in [2.05, 4.69) is 4.57 Å². The molecule has 0 bridgehead atoms. The van der Waals surface area contributed by atoms with Crippen LogP contribution in [0.1, 0.15) is 64.4 Å². The van der Waals surface area contributed by atoms with E-state index in [0.717, 1.165) is 46.4 Å². The molecule has 1 amide bonds. The number of imidazole rings is 1. The maximum Gasteiger partial charge on any atom is 0.335 e. The van der Waals surface area contributed by atoms with Crippen molar-refractivity contribution in [3.63, 3.8) is 0 Å². The van der Waals surface area contributed by atoms with Crippen molar-refractivity contribution < 1.29 is 19.4 Å². The highest BCUT2D eigenvalue weighted by molar-refractivity contribution is 6.30. The number of benzene rings is 4. The number of carbonyl (C=O) groups is 2. The van der Waals surface area contributed by atoms with Crippen LogP contribution in [0, 0.1) is 0 Å².